The molecule has 0 unspecified atom stereocenters. The molecule has 2 heterocycles. The number of benzene rings is 3. The van der Waals surface area contributed by atoms with Crippen LogP contribution in [0.1, 0.15) is 60.3 Å². The predicted octanol–water partition coefficient (Wildman–Crippen LogP) is 5.94. The standard InChI is InChI=1S/C32H35N3O6S2/c1-32(2,3)41-31(37)34-18-16-23(17-19-34)27-21-35(20-24-12-9-11-22-10-5-6-13-25(22)24)30(42-27)33-43(38,39)28-15-8-7-14-26(28)29(36)40-4/h5-15,21,23H,16-20H2,1-4H3/b33-30-. The fourth-order valence-electron chi connectivity index (χ4n) is 5.18. The van der Waals surface area contributed by atoms with Gasteiger partial charge < -0.3 is 18.9 Å². The van der Waals surface area contributed by atoms with Crippen molar-refractivity contribution in [1.82, 2.24) is 9.47 Å². The maximum Gasteiger partial charge on any atom is 0.410 e. The summed E-state index contributed by atoms with van der Waals surface area (Å²) < 4.78 is 43.8. The second-order valence-corrected chi connectivity index (χ2v) is 14.1. The number of likely N-dealkylation sites (tertiary alicyclic amines) is 1. The Balaban J connectivity index is 1.53. The van der Waals surface area contributed by atoms with Crippen molar-refractivity contribution in [1.29, 1.82) is 0 Å². The topological polar surface area (TPSA) is 107 Å². The van der Waals surface area contributed by atoms with Crippen LogP contribution in [0.3, 0.4) is 0 Å². The molecule has 4 aromatic rings. The molecule has 9 nitrogen and oxygen atoms in total. The van der Waals surface area contributed by atoms with Gasteiger partial charge in [0.15, 0.2) is 0 Å². The summed E-state index contributed by atoms with van der Waals surface area (Å²) in [7, 11) is -3.06. The van der Waals surface area contributed by atoms with Crippen molar-refractivity contribution in [3.63, 3.8) is 0 Å². The number of thiazole rings is 1. The lowest BCUT2D eigenvalue weighted by Gasteiger charge is -2.33. The molecular formula is C32H35N3O6S2. The van der Waals surface area contributed by atoms with E-state index in [0.717, 1.165) is 21.2 Å². The van der Waals surface area contributed by atoms with Gasteiger partial charge in [-0.2, -0.15) is 8.42 Å². The molecule has 1 aromatic heterocycles. The maximum absolute atomic E-state index is 13.6. The van der Waals surface area contributed by atoms with E-state index in [0.29, 0.717) is 37.3 Å². The second-order valence-electron chi connectivity index (χ2n) is 11.5. The summed E-state index contributed by atoms with van der Waals surface area (Å²) in [5, 5.41) is 2.16. The number of ether oxygens (including phenoxy) is 2. The van der Waals surface area contributed by atoms with E-state index in [1.165, 1.54) is 30.6 Å². The van der Waals surface area contributed by atoms with Gasteiger partial charge in [0, 0.05) is 24.2 Å². The van der Waals surface area contributed by atoms with E-state index in [9.17, 15) is 18.0 Å². The highest BCUT2D eigenvalue weighted by atomic mass is 32.2. The molecule has 0 atom stereocenters. The Morgan fingerprint density at radius 1 is 0.977 bits per heavy atom. The SMILES string of the molecule is COC(=O)c1ccccc1S(=O)(=O)/N=c1\sc(C2CCN(C(=O)OC(C)(C)C)CC2)cn1Cc1cccc2ccccc12. The maximum atomic E-state index is 13.6. The molecule has 0 radical (unpaired) electrons. The molecule has 0 aliphatic carbocycles. The van der Waals surface area contributed by atoms with E-state index in [4.69, 9.17) is 9.47 Å². The number of carbonyl (C=O) groups is 2. The number of sulfonamides is 1. The third-order valence-electron chi connectivity index (χ3n) is 7.28. The smallest absolute Gasteiger partial charge is 0.410 e. The summed E-state index contributed by atoms with van der Waals surface area (Å²) in [4.78, 5) is 27.8. The average Bonchev–Trinajstić information content (AvgIpc) is 3.37. The van der Waals surface area contributed by atoms with E-state index >= 15 is 0 Å². The monoisotopic (exact) mass is 621 g/mol. The number of fused-ring (bicyclic) bond motifs is 1. The first-order valence-electron chi connectivity index (χ1n) is 14.1. The molecule has 43 heavy (non-hydrogen) atoms. The number of rotatable bonds is 6. The Morgan fingerprint density at radius 3 is 2.37 bits per heavy atom. The number of aromatic nitrogens is 1. The number of methoxy groups -OCH3 is 1. The summed E-state index contributed by atoms with van der Waals surface area (Å²) in [5.41, 5.74) is 0.389. The zero-order chi connectivity index (χ0) is 30.8. The molecule has 3 aromatic carbocycles. The number of nitrogens with zero attached hydrogens (tertiary/aromatic N) is 3. The summed E-state index contributed by atoms with van der Waals surface area (Å²) in [5.74, 6) is -0.627. The van der Waals surface area contributed by atoms with E-state index in [-0.39, 0.29) is 22.5 Å². The number of hydrogen-bond donors (Lipinski definition) is 0. The Kier molecular flexibility index (Phi) is 8.75. The Morgan fingerprint density at radius 2 is 1.65 bits per heavy atom. The molecule has 226 valence electrons. The number of esters is 1. The molecular weight excluding hydrogens is 587 g/mol. The minimum atomic E-state index is -4.27. The fourth-order valence-corrected chi connectivity index (χ4v) is 7.74. The van der Waals surface area contributed by atoms with Crippen LogP contribution in [0, 0.1) is 0 Å². The highest BCUT2D eigenvalue weighted by molar-refractivity contribution is 7.90. The van der Waals surface area contributed by atoms with E-state index in [1.54, 1.807) is 17.0 Å². The second kappa shape index (κ2) is 12.3. The molecule has 0 spiro atoms. The minimum Gasteiger partial charge on any atom is -0.465 e. The molecule has 1 aliphatic rings. The summed E-state index contributed by atoms with van der Waals surface area (Å²) in [6.07, 6.45) is 3.08. The first kappa shape index (κ1) is 30.5. The van der Waals surface area contributed by atoms with Crippen molar-refractivity contribution in [2.24, 2.45) is 4.40 Å². The summed E-state index contributed by atoms with van der Waals surface area (Å²) in [6.45, 7) is 7.03. The Bertz CT molecular complexity index is 1820. The van der Waals surface area contributed by atoms with Crippen LogP contribution in [0.2, 0.25) is 0 Å². The van der Waals surface area contributed by atoms with Crippen LogP contribution in [0.5, 0.6) is 0 Å². The summed E-state index contributed by atoms with van der Waals surface area (Å²) >= 11 is 1.32. The van der Waals surface area contributed by atoms with Gasteiger partial charge in [0.25, 0.3) is 10.0 Å². The lowest BCUT2D eigenvalue weighted by molar-refractivity contribution is 0.0205. The lowest BCUT2D eigenvalue weighted by Crippen LogP contribution is -2.41. The first-order chi connectivity index (χ1) is 20.4. The largest absolute Gasteiger partial charge is 0.465 e. The number of hydrogen-bond acceptors (Lipinski definition) is 7. The van der Waals surface area contributed by atoms with Crippen molar-refractivity contribution in [3.8, 4) is 0 Å². The van der Waals surface area contributed by atoms with Crippen LogP contribution in [0.4, 0.5) is 4.79 Å². The van der Waals surface area contributed by atoms with Crippen LogP contribution in [0.25, 0.3) is 10.8 Å². The van der Waals surface area contributed by atoms with E-state index in [2.05, 4.69) is 4.40 Å². The predicted molar refractivity (Wildman–Crippen MR) is 166 cm³/mol. The Hall–Kier alpha value is -3.96. The van der Waals surface area contributed by atoms with Gasteiger partial charge >= 0.3 is 12.1 Å². The van der Waals surface area contributed by atoms with Gasteiger partial charge in [0.05, 0.1) is 19.2 Å². The molecule has 11 heteroatoms. The van der Waals surface area contributed by atoms with Gasteiger partial charge in [0.1, 0.15) is 10.5 Å². The van der Waals surface area contributed by atoms with Crippen molar-refractivity contribution in [2.75, 3.05) is 20.2 Å². The molecule has 0 N–H and O–H groups in total. The van der Waals surface area contributed by atoms with Gasteiger partial charge in [-0.3, -0.25) is 0 Å². The number of piperidine rings is 1. The van der Waals surface area contributed by atoms with Gasteiger partial charge in [-0.15, -0.1) is 15.7 Å². The van der Waals surface area contributed by atoms with E-state index < -0.39 is 21.6 Å². The quantitative estimate of drug-likeness (QED) is 0.247. The normalized spacial score (nSPS) is 15.1. The van der Waals surface area contributed by atoms with Gasteiger partial charge in [-0.25, -0.2) is 9.59 Å². The van der Waals surface area contributed by atoms with Crippen molar-refractivity contribution in [3.05, 3.63) is 93.7 Å². The third kappa shape index (κ3) is 7.00. The van der Waals surface area contributed by atoms with Crippen molar-refractivity contribution < 1.29 is 27.5 Å². The highest BCUT2D eigenvalue weighted by Crippen LogP contribution is 2.31. The molecule has 1 saturated heterocycles. The molecule has 0 saturated carbocycles. The van der Waals surface area contributed by atoms with Gasteiger partial charge in [0.2, 0.25) is 4.80 Å². The third-order valence-corrected chi connectivity index (χ3v) is 9.90. The van der Waals surface area contributed by atoms with E-state index in [1.807, 2.05) is 74.0 Å². The van der Waals surface area contributed by atoms with Crippen molar-refractivity contribution >= 4 is 44.2 Å². The van der Waals surface area contributed by atoms with Crippen LogP contribution < -0.4 is 4.80 Å². The molecule has 1 aliphatic heterocycles. The number of carbonyl (C=O) groups excluding carboxylic acids is 2. The van der Waals surface area contributed by atoms with Crippen LogP contribution in [0.15, 0.2) is 82.2 Å². The van der Waals surface area contributed by atoms with Crippen LogP contribution in [-0.4, -0.2) is 55.7 Å². The van der Waals surface area contributed by atoms with Gasteiger partial charge in [-0.05, 0) is 68.0 Å². The van der Waals surface area contributed by atoms with Crippen LogP contribution in [-0.2, 0) is 26.0 Å². The Labute approximate surface area is 255 Å². The van der Waals surface area contributed by atoms with Crippen LogP contribution >= 0.6 is 11.3 Å². The fraction of sp³-hybridized carbons (Fsp3) is 0.344. The summed E-state index contributed by atoms with van der Waals surface area (Å²) in [6, 6.07) is 20.0. The molecule has 5 rings (SSSR count). The van der Waals surface area contributed by atoms with Gasteiger partial charge in [-0.1, -0.05) is 54.6 Å². The zero-order valence-electron chi connectivity index (χ0n) is 24.6. The molecule has 1 amide bonds. The number of amides is 1. The average molecular weight is 622 g/mol. The minimum absolute atomic E-state index is 0.0688. The highest BCUT2D eigenvalue weighted by Gasteiger charge is 2.29. The lowest BCUT2D eigenvalue weighted by atomic mass is 9.96. The zero-order valence-corrected chi connectivity index (χ0v) is 26.3. The van der Waals surface area contributed by atoms with Crippen molar-refractivity contribution in [2.45, 2.75) is 56.6 Å². The molecule has 0 bridgehead atoms. The molecule has 1 fully saturated rings. The first-order valence-corrected chi connectivity index (χ1v) is 16.3.